The SMILES string of the molecule is CNC(C(=O)O)c1cccc(C(F)F)c1. The summed E-state index contributed by atoms with van der Waals surface area (Å²) in [5.74, 6) is -1.09. The van der Waals surface area contributed by atoms with E-state index in [4.69, 9.17) is 5.11 Å². The number of benzene rings is 1. The molecule has 1 aromatic rings. The number of alkyl halides is 2. The first-order valence-electron chi connectivity index (χ1n) is 4.34. The zero-order chi connectivity index (χ0) is 11.4. The number of hydrogen-bond acceptors (Lipinski definition) is 2. The molecule has 0 spiro atoms. The molecule has 0 aliphatic heterocycles. The fourth-order valence-corrected chi connectivity index (χ4v) is 1.31. The Morgan fingerprint density at radius 2 is 2.00 bits per heavy atom. The number of hydrogen-bond donors (Lipinski definition) is 2. The van der Waals surface area contributed by atoms with Gasteiger partial charge >= 0.3 is 5.97 Å². The number of nitrogens with one attached hydrogen (secondary N) is 1. The molecule has 1 aromatic carbocycles. The van der Waals surface area contributed by atoms with Crippen molar-refractivity contribution in [2.45, 2.75) is 12.5 Å². The quantitative estimate of drug-likeness (QED) is 0.807. The highest BCUT2D eigenvalue weighted by molar-refractivity contribution is 5.75. The first-order chi connectivity index (χ1) is 7.06. The van der Waals surface area contributed by atoms with E-state index >= 15 is 0 Å². The zero-order valence-electron chi connectivity index (χ0n) is 8.08. The molecule has 0 amide bonds. The van der Waals surface area contributed by atoms with Crippen LogP contribution in [0.25, 0.3) is 0 Å². The summed E-state index contributed by atoms with van der Waals surface area (Å²) >= 11 is 0. The summed E-state index contributed by atoms with van der Waals surface area (Å²) in [6.07, 6.45) is -2.59. The summed E-state index contributed by atoms with van der Waals surface area (Å²) in [7, 11) is 1.47. The van der Waals surface area contributed by atoms with Gasteiger partial charge in [0.25, 0.3) is 6.43 Å². The van der Waals surface area contributed by atoms with E-state index in [1.54, 1.807) is 0 Å². The third-order valence-electron chi connectivity index (χ3n) is 2.03. The van der Waals surface area contributed by atoms with Crippen LogP contribution in [-0.4, -0.2) is 18.1 Å². The van der Waals surface area contributed by atoms with Gasteiger partial charge < -0.3 is 10.4 Å². The van der Waals surface area contributed by atoms with E-state index in [0.29, 0.717) is 5.56 Å². The Morgan fingerprint density at radius 1 is 1.40 bits per heavy atom. The van der Waals surface area contributed by atoms with Crippen LogP contribution in [0.3, 0.4) is 0 Å². The van der Waals surface area contributed by atoms with Crippen LogP contribution in [0.1, 0.15) is 23.6 Å². The molecule has 0 fully saturated rings. The highest BCUT2D eigenvalue weighted by Crippen LogP contribution is 2.22. The molecule has 82 valence electrons. The van der Waals surface area contributed by atoms with Crippen LogP contribution in [0.5, 0.6) is 0 Å². The van der Waals surface area contributed by atoms with Crippen molar-refractivity contribution in [2.24, 2.45) is 0 Å². The molecule has 0 heterocycles. The standard InChI is InChI=1S/C10H11F2NO2/c1-13-8(10(14)15)6-3-2-4-7(5-6)9(11)12/h2-5,8-9,13H,1H3,(H,14,15). The van der Waals surface area contributed by atoms with Crippen molar-refractivity contribution >= 4 is 5.97 Å². The van der Waals surface area contributed by atoms with E-state index in [9.17, 15) is 13.6 Å². The van der Waals surface area contributed by atoms with Crippen molar-refractivity contribution < 1.29 is 18.7 Å². The van der Waals surface area contributed by atoms with Crippen LogP contribution in [-0.2, 0) is 4.79 Å². The monoisotopic (exact) mass is 215 g/mol. The minimum Gasteiger partial charge on any atom is -0.480 e. The number of carboxylic acids is 1. The number of likely N-dealkylation sites (N-methyl/N-ethyl adjacent to an activating group) is 1. The van der Waals surface area contributed by atoms with Crippen molar-refractivity contribution in [3.63, 3.8) is 0 Å². The molecule has 1 rings (SSSR count). The maximum atomic E-state index is 12.3. The van der Waals surface area contributed by atoms with Gasteiger partial charge in [-0.05, 0) is 18.7 Å². The van der Waals surface area contributed by atoms with Gasteiger partial charge in [0.05, 0.1) is 0 Å². The Balaban J connectivity index is 3.03. The van der Waals surface area contributed by atoms with E-state index in [1.807, 2.05) is 0 Å². The lowest BCUT2D eigenvalue weighted by molar-refractivity contribution is -0.139. The molecule has 0 aliphatic rings. The molecule has 1 atom stereocenters. The molecule has 5 heteroatoms. The summed E-state index contributed by atoms with van der Waals surface area (Å²) in [6.45, 7) is 0. The molecule has 0 saturated carbocycles. The molecule has 0 saturated heterocycles. The molecule has 0 aromatic heterocycles. The predicted molar refractivity (Wildman–Crippen MR) is 50.8 cm³/mol. The maximum absolute atomic E-state index is 12.3. The Hall–Kier alpha value is -1.49. The summed E-state index contributed by atoms with van der Waals surface area (Å²) in [4.78, 5) is 10.8. The van der Waals surface area contributed by atoms with Gasteiger partial charge in [-0.3, -0.25) is 4.79 Å². The van der Waals surface area contributed by atoms with Crippen molar-refractivity contribution in [3.8, 4) is 0 Å². The number of carboxylic acid groups (broad SMARTS) is 1. The lowest BCUT2D eigenvalue weighted by Crippen LogP contribution is -2.24. The average molecular weight is 215 g/mol. The molecule has 15 heavy (non-hydrogen) atoms. The van der Waals surface area contributed by atoms with Gasteiger partial charge in [0.1, 0.15) is 6.04 Å². The topological polar surface area (TPSA) is 49.3 Å². The Kier molecular flexibility index (Phi) is 3.74. The molecule has 0 aliphatic carbocycles. The van der Waals surface area contributed by atoms with Crippen molar-refractivity contribution in [1.82, 2.24) is 5.32 Å². The van der Waals surface area contributed by atoms with Gasteiger partial charge in [-0.2, -0.15) is 0 Å². The highest BCUT2D eigenvalue weighted by Gasteiger charge is 2.18. The number of aliphatic carboxylic acids is 1. The maximum Gasteiger partial charge on any atom is 0.325 e. The lowest BCUT2D eigenvalue weighted by Gasteiger charge is -2.12. The van der Waals surface area contributed by atoms with Gasteiger partial charge in [-0.1, -0.05) is 18.2 Å². The third-order valence-corrected chi connectivity index (χ3v) is 2.03. The summed E-state index contributed by atoms with van der Waals surface area (Å²) in [5, 5.41) is 11.3. The van der Waals surface area contributed by atoms with Gasteiger partial charge in [0.15, 0.2) is 0 Å². The van der Waals surface area contributed by atoms with E-state index in [-0.39, 0.29) is 5.56 Å². The Morgan fingerprint density at radius 3 is 2.47 bits per heavy atom. The fourth-order valence-electron chi connectivity index (χ4n) is 1.31. The zero-order valence-corrected chi connectivity index (χ0v) is 8.08. The van der Waals surface area contributed by atoms with E-state index < -0.39 is 18.4 Å². The van der Waals surface area contributed by atoms with Crippen LogP contribution < -0.4 is 5.32 Å². The molecular formula is C10H11F2NO2. The number of rotatable bonds is 4. The van der Waals surface area contributed by atoms with Crippen molar-refractivity contribution in [1.29, 1.82) is 0 Å². The first-order valence-corrected chi connectivity index (χ1v) is 4.34. The summed E-state index contributed by atoms with van der Waals surface area (Å²) in [6, 6.07) is 4.43. The average Bonchev–Trinajstić information content (AvgIpc) is 2.18. The molecule has 0 radical (unpaired) electrons. The molecule has 2 N–H and O–H groups in total. The van der Waals surface area contributed by atoms with Gasteiger partial charge in [-0.15, -0.1) is 0 Å². The smallest absolute Gasteiger partial charge is 0.325 e. The predicted octanol–water partition coefficient (Wildman–Crippen LogP) is 1.97. The second-order valence-electron chi connectivity index (χ2n) is 3.03. The highest BCUT2D eigenvalue weighted by atomic mass is 19.3. The Bertz CT molecular complexity index is 355. The minimum absolute atomic E-state index is 0.172. The van der Waals surface area contributed by atoms with E-state index in [1.165, 1.54) is 31.3 Å². The molecular weight excluding hydrogens is 204 g/mol. The van der Waals surface area contributed by atoms with Crippen LogP contribution in [0.2, 0.25) is 0 Å². The van der Waals surface area contributed by atoms with Gasteiger partial charge in [0.2, 0.25) is 0 Å². The molecule has 1 unspecified atom stereocenters. The summed E-state index contributed by atoms with van der Waals surface area (Å²) in [5.41, 5.74) is 0.150. The normalized spacial score (nSPS) is 12.8. The van der Waals surface area contributed by atoms with Crippen molar-refractivity contribution in [2.75, 3.05) is 7.05 Å². The first kappa shape index (κ1) is 11.6. The Labute approximate surface area is 85.7 Å². The van der Waals surface area contributed by atoms with E-state index in [0.717, 1.165) is 0 Å². The van der Waals surface area contributed by atoms with Crippen molar-refractivity contribution in [3.05, 3.63) is 35.4 Å². The number of carbonyl (C=O) groups is 1. The van der Waals surface area contributed by atoms with E-state index in [2.05, 4.69) is 5.32 Å². The second-order valence-corrected chi connectivity index (χ2v) is 3.03. The second kappa shape index (κ2) is 4.84. The van der Waals surface area contributed by atoms with Gasteiger partial charge in [0, 0.05) is 5.56 Å². The lowest BCUT2D eigenvalue weighted by atomic mass is 10.0. The van der Waals surface area contributed by atoms with Gasteiger partial charge in [-0.25, -0.2) is 8.78 Å². The fraction of sp³-hybridized carbons (Fsp3) is 0.300. The van der Waals surface area contributed by atoms with Crippen LogP contribution in [0.15, 0.2) is 24.3 Å². The van der Waals surface area contributed by atoms with Crippen LogP contribution in [0.4, 0.5) is 8.78 Å². The largest absolute Gasteiger partial charge is 0.480 e. The summed E-state index contributed by atoms with van der Waals surface area (Å²) < 4.78 is 24.7. The van der Waals surface area contributed by atoms with Crippen LogP contribution >= 0.6 is 0 Å². The van der Waals surface area contributed by atoms with Crippen LogP contribution in [0, 0.1) is 0 Å². The molecule has 0 bridgehead atoms. The third kappa shape index (κ3) is 2.73. The number of halogens is 2. The minimum atomic E-state index is -2.59. The molecule has 3 nitrogen and oxygen atoms in total.